The predicted molar refractivity (Wildman–Crippen MR) is 145 cm³/mol. The van der Waals surface area contributed by atoms with E-state index in [9.17, 15) is 4.79 Å². The number of nitrogens with one attached hydrogen (secondary N) is 1. The van der Waals surface area contributed by atoms with Crippen LogP contribution in [-0.2, 0) is 11.2 Å². The molecule has 1 amide bonds. The Morgan fingerprint density at radius 1 is 1.03 bits per heavy atom. The number of aromatic nitrogens is 2. The van der Waals surface area contributed by atoms with E-state index in [-0.39, 0.29) is 12.3 Å². The molecule has 0 unspecified atom stereocenters. The highest BCUT2D eigenvalue weighted by molar-refractivity contribution is 9.10. The van der Waals surface area contributed by atoms with Crippen molar-refractivity contribution in [2.24, 2.45) is 0 Å². The Morgan fingerprint density at radius 3 is 2.44 bits per heavy atom. The summed E-state index contributed by atoms with van der Waals surface area (Å²) in [5, 5.41) is 6.96. The van der Waals surface area contributed by atoms with E-state index in [0.717, 1.165) is 38.8 Å². The van der Waals surface area contributed by atoms with E-state index in [1.807, 2.05) is 62.6 Å². The van der Waals surface area contributed by atoms with Crippen LogP contribution >= 0.6 is 15.9 Å². The standard InChI is InChI=1S/C28H29BrN4O3/c1-18-15-22(28-30-19(2)36-32-28)9-11-24(18)21-7-5-20(6-8-21)16-27(34)31-23-10-12-25(29)26(17-23)35-14-13-33(3)4/h5-12,15,17H,13-14,16H2,1-4H3,(H,31,34). The van der Waals surface area contributed by atoms with Gasteiger partial charge < -0.3 is 19.5 Å². The smallest absolute Gasteiger partial charge is 0.228 e. The lowest BCUT2D eigenvalue weighted by Crippen LogP contribution is -2.19. The lowest BCUT2D eigenvalue weighted by Gasteiger charge is -2.13. The quantitative estimate of drug-likeness (QED) is 0.280. The van der Waals surface area contributed by atoms with Crippen molar-refractivity contribution in [3.8, 4) is 28.3 Å². The lowest BCUT2D eigenvalue weighted by atomic mass is 9.97. The third-order valence-electron chi connectivity index (χ3n) is 5.65. The number of carbonyl (C=O) groups excluding carboxylic acids is 1. The lowest BCUT2D eigenvalue weighted by molar-refractivity contribution is -0.115. The van der Waals surface area contributed by atoms with Crippen LogP contribution in [-0.4, -0.2) is 48.2 Å². The first-order valence-electron chi connectivity index (χ1n) is 11.7. The van der Waals surface area contributed by atoms with E-state index in [4.69, 9.17) is 9.26 Å². The Kier molecular flexibility index (Phi) is 8.18. The molecule has 8 heteroatoms. The molecule has 36 heavy (non-hydrogen) atoms. The molecule has 3 aromatic carbocycles. The van der Waals surface area contributed by atoms with Gasteiger partial charge in [-0.1, -0.05) is 41.6 Å². The van der Waals surface area contributed by atoms with Crippen LogP contribution in [0, 0.1) is 13.8 Å². The van der Waals surface area contributed by atoms with Crippen LogP contribution in [0.2, 0.25) is 0 Å². The zero-order valence-electron chi connectivity index (χ0n) is 20.8. The summed E-state index contributed by atoms with van der Waals surface area (Å²) in [4.78, 5) is 19.0. The molecule has 1 aromatic heterocycles. The van der Waals surface area contributed by atoms with Gasteiger partial charge in [0.25, 0.3) is 0 Å². The van der Waals surface area contributed by atoms with E-state index in [0.29, 0.717) is 29.8 Å². The largest absolute Gasteiger partial charge is 0.491 e. The van der Waals surface area contributed by atoms with Gasteiger partial charge in [-0.15, -0.1) is 0 Å². The molecule has 0 fully saturated rings. The van der Waals surface area contributed by atoms with Crippen molar-refractivity contribution < 1.29 is 14.1 Å². The molecule has 1 N–H and O–H groups in total. The fourth-order valence-electron chi connectivity index (χ4n) is 3.77. The van der Waals surface area contributed by atoms with Gasteiger partial charge in [-0.05, 0) is 77.4 Å². The van der Waals surface area contributed by atoms with E-state index in [1.165, 1.54) is 0 Å². The van der Waals surface area contributed by atoms with Crippen LogP contribution in [0.1, 0.15) is 17.0 Å². The molecular formula is C28H29BrN4O3. The second-order valence-corrected chi connectivity index (χ2v) is 9.74. The number of halogens is 1. The topological polar surface area (TPSA) is 80.5 Å². The molecule has 4 aromatic rings. The van der Waals surface area contributed by atoms with E-state index in [1.54, 1.807) is 6.92 Å². The minimum Gasteiger partial charge on any atom is -0.491 e. The Balaban J connectivity index is 1.38. The maximum absolute atomic E-state index is 12.7. The summed E-state index contributed by atoms with van der Waals surface area (Å²) < 4.78 is 11.8. The highest BCUT2D eigenvalue weighted by atomic mass is 79.9. The van der Waals surface area contributed by atoms with Gasteiger partial charge >= 0.3 is 0 Å². The van der Waals surface area contributed by atoms with Crippen molar-refractivity contribution in [1.29, 1.82) is 0 Å². The van der Waals surface area contributed by atoms with Crippen LogP contribution in [0.15, 0.2) is 69.7 Å². The van der Waals surface area contributed by atoms with E-state index >= 15 is 0 Å². The van der Waals surface area contributed by atoms with Crippen molar-refractivity contribution in [3.63, 3.8) is 0 Å². The first-order valence-corrected chi connectivity index (χ1v) is 12.5. The van der Waals surface area contributed by atoms with Gasteiger partial charge in [0.05, 0.1) is 10.9 Å². The zero-order valence-corrected chi connectivity index (χ0v) is 22.4. The van der Waals surface area contributed by atoms with E-state index < -0.39 is 0 Å². The van der Waals surface area contributed by atoms with Crippen molar-refractivity contribution in [2.45, 2.75) is 20.3 Å². The molecule has 0 aliphatic carbocycles. The Hall–Kier alpha value is -3.49. The number of carbonyl (C=O) groups is 1. The summed E-state index contributed by atoms with van der Waals surface area (Å²) in [6.45, 7) is 5.21. The van der Waals surface area contributed by atoms with Crippen LogP contribution < -0.4 is 10.1 Å². The van der Waals surface area contributed by atoms with Crippen molar-refractivity contribution in [1.82, 2.24) is 15.0 Å². The Morgan fingerprint density at radius 2 is 1.78 bits per heavy atom. The number of likely N-dealkylation sites (N-methyl/N-ethyl adjacent to an activating group) is 1. The summed E-state index contributed by atoms with van der Waals surface area (Å²) in [5.41, 5.74) is 5.87. The second-order valence-electron chi connectivity index (χ2n) is 8.89. The summed E-state index contributed by atoms with van der Waals surface area (Å²) in [7, 11) is 3.99. The molecule has 4 rings (SSSR count). The van der Waals surface area contributed by atoms with Gasteiger partial charge in [-0.2, -0.15) is 4.98 Å². The molecule has 0 saturated carbocycles. The molecule has 0 saturated heterocycles. The van der Waals surface area contributed by atoms with Crippen LogP contribution in [0.25, 0.3) is 22.5 Å². The first-order chi connectivity index (χ1) is 17.3. The third kappa shape index (κ3) is 6.59. The summed E-state index contributed by atoms with van der Waals surface area (Å²) in [6, 6.07) is 19.7. The minimum atomic E-state index is -0.0831. The van der Waals surface area contributed by atoms with Crippen molar-refractivity contribution >= 4 is 27.5 Å². The molecule has 0 bridgehead atoms. The van der Waals surface area contributed by atoms with Gasteiger partial charge in [0, 0.05) is 30.8 Å². The number of aryl methyl sites for hydroxylation is 2. The number of hydrogen-bond donors (Lipinski definition) is 1. The normalized spacial score (nSPS) is 11.1. The summed E-state index contributed by atoms with van der Waals surface area (Å²) in [6.07, 6.45) is 0.280. The monoisotopic (exact) mass is 548 g/mol. The van der Waals surface area contributed by atoms with Crippen LogP contribution in [0.5, 0.6) is 5.75 Å². The zero-order chi connectivity index (χ0) is 25.7. The van der Waals surface area contributed by atoms with Crippen molar-refractivity contribution in [3.05, 3.63) is 82.2 Å². The highest BCUT2D eigenvalue weighted by Crippen LogP contribution is 2.29. The van der Waals surface area contributed by atoms with Crippen molar-refractivity contribution in [2.75, 3.05) is 32.6 Å². The van der Waals surface area contributed by atoms with Crippen LogP contribution in [0.4, 0.5) is 5.69 Å². The molecule has 1 heterocycles. The van der Waals surface area contributed by atoms with Crippen LogP contribution in [0.3, 0.4) is 0 Å². The first kappa shape index (κ1) is 25.6. The summed E-state index contributed by atoms with van der Waals surface area (Å²) in [5.74, 6) is 1.75. The SMILES string of the molecule is Cc1nc(-c2ccc(-c3ccc(CC(=O)Nc4ccc(Br)c(OCCN(C)C)c4)cc3)c(C)c2)no1. The minimum absolute atomic E-state index is 0.0831. The molecular weight excluding hydrogens is 520 g/mol. The van der Waals surface area contributed by atoms with E-state index in [2.05, 4.69) is 55.3 Å². The number of rotatable bonds is 9. The average molecular weight is 549 g/mol. The van der Waals surface area contributed by atoms with Gasteiger partial charge in [0.15, 0.2) is 0 Å². The Labute approximate surface area is 219 Å². The maximum atomic E-state index is 12.7. The molecule has 0 aliphatic rings. The molecule has 186 valence electrons. The number of nitrogens with zero attached hydrogens (tertiary/aromatic N) is 3. The fourth-order valence-corrected chi connectivity index (χ4v) is 4.13. The summed E-state index contributed by atoms with van der Waals surface area (Å²) >= 11 is 3.50. The number of benzene rings is 3. The molecule has 7 nitrogen and oxygen atoms in total. The fraction of sp³-hybridized carbons (Fsp3) is 0.250. The second kappa shape index (κ2) is 11.5. The molecule has 0 aliphatic heterocycles. The third-order valence-corrected chi connectivity index (χ3v) is 6.31. The predicted octanol–water partition coefficient (Wildman–Crippen LogP) is 5.90. The number of anilines is 1. The van der Waals surface area contributed by atoms with Gasteiger partial charge in [-0.3, -0.25) is 4.79 Å². The number of hydrogen-bond acceptors (Lipinski definition) is 6. The number of ether oxygens (including phenoxy) is 1. The molecule has 0 spiro atoms. The number of amides is 1. The highest BCUT2D eigenvalue weighted by Gasteiger charge is 2.11. The molecule has 0 radical (unpaired) electrons. The molecule has 0 atom stereocenters. The van der Waals surface area contributed by atoms with Gasteiger partial charge in [-0.25, -0.2) is 0 Å². The average Bonchev–Trinajstić information content (AvgIpc) is 3.28. The Bertz CT molecular complexity index is 1350. The maximum Gasteiger partial charge on any atom is 0.228 e. The van der Waals surface area contributed by atoms with Gasteiger partial charge in [0.1, 0.15) is 12.4 Å². The van der Waals surface area contributed by atoms with Gasteiger partial charge in [0.2, 0.25) is 17.6 Å².